The maximum absolute atomic E-state index is 4.30. The molecule has 0 saturated carbocycles. The SMILES string of the molecule is CC1(C)C=CC=C(c2ccccn2)N1. The number of aromatic nitrogens is 1. The molecule has 2 nitrogen and oxygen atoms in total. The van der Waals surface area contributed by atoms with Gasteiger partial charge in [-0.2, -0.15) is 0 Å². The van der Waals surface area contributed by atoms with Crippen molar-refractivity contribution in [3.8, 4) is 0 Å². The Kier molecular flexibility index (Phi) is 2.12. The van der Waals surface area contributed by atoms with Gasteiger partial charge in [0, 0.05) is 6.20 Å². The lowest BCUT2D eigenvalue weighted by molar-refractivity contribution is 0.558. The van der Waals surface area contributed by atoms with Crippen molar-refractivity contribution in [2.24, 2.45) is 0 Å². The third-order valence-electron chi connectivity index (χ3n) is 2.17. The van der Waals surface area contributed by atoms with E-state index in [1.165, 1.54) is 0 Å². The van der Waals surface area contributed by atoms with Crippen molar-refractivity contribution in [3.05, 3.63) is 48.3 Å². The van der Waals surface area contributed by atoms with Crippen LogP contribution < -0.4 is 5.32 Å². The van der Waals surface area contributed by atoms with E-state index in [0.29, 0.717) is 0 Å². The third-order valence-corrected chi connectivity index (χ3v) is 2.17. The zero-order valence-corrected chi connectivity index (χ0v) is 8.49. The van der Waals surface area contributed by atoms with Crippen LogP contribution in [0.2, 0.25) is 0 Å². The number of dihydropyridines is 1. The van der Waals surface area contributed by atoms with E-state index in [1.807, 2.05) is 30.5 Å². The fourth-order valence-electron chi connectivity index (χ4n) is 1.49. The highest BCUT2D eigenvalue weighted by Crippen LogP contribution is 2.18. The molecule has 2 heteroatoms. The first-order valence-electron chi connectivity index (χ1n) is 4.76. The number of hydrogen-bond donors (Lipinski definition) is 1. The number of nitrogens with one attached hydrogen (secondary N) is 1. The molecule has 1 aromatic heterocycles. The van der Waals surface area contributed by atoms with E-state index in [9.17, 15) is 0 Å². The molecule has 0 atom stereocenters. The number of rotatable bonds is 1. The van der Waals surface area contributed by atoms with Crippen LogP contribution >= 0.6 is 0 Å². The molecule has 0 aromatic carbocycles. The number of allylic oxidation sites excluding steroid dienone is 2. The van der Waals surface area contributed by atoms with Gasteiger partial charge in [0.25, 0.3) is 0 Å². The van der Waals surface area contributed by atoms with Crippen LogP contribution in [0.4, 0.5) is 0 Å². The summed E-state index contributed by atoms with van der Waals surface area (Å²) in [5, 5.41) is 3.42. The summed E-state index contributed by atoms with van der Waals surface area (Å²) >= 11 is 0. The summed E-state index contributed by atoms with van der Waals surface area (Å²) < 4.78 is 0. The minimum atomic E-state index is 0.0155. The summed E-state index contributed by atoms with van der Waals surface area (Å²) in [6.07, 6.45) is 8.07. The zero-order chi connectivity index (χ0) is 10.0. The van der Waals surface area contributed by atoms with Gasteiger partial charge >= 0.3 is 0 Å². The summed E-state index contributed by atoms with van der Waals surface area (Å²) in [5.74, 6) is 0. The molecule has 0 bridgehead atoms. The first-order valence-corrected chi connectivity index (χ1v) is 4.76. The summed E-state index contributed by atoms with van der Waals surface area (Å²) in [4.78, 5) is 4.30. The molecule has 1 aromatic rings. The minimum absolute atomic E-state index is 0.0155. The molecule has 0 spiro atoms. The van der Waals surface area contributed by atoms with Crippen LogP contribution in [0, 0.1) is 0 Å². The van der Waals surface area contributed by atoms with Crippen LogP contribution in [-0.2, 0) is 0 Å². The fourth-order valence-corrected chi connectivity index (χ4v) is 1.49. The van der Waals surface area contributed by atoms with E-state index >= 15 is 0 Å². The summed E-state index contributed by atoms with van der Waals surface area (Å²) in [5.41, 5.74) is 2.09. The van der Waals surface area contributed by atoms with Gasteiger partial charge in [0.2, 0.25) is 0 Å². The van der Waals surface area contributed by atoms with Crippen LogP contribution in [0.5, 0.6) is 0 Å². The van der Waals surface area contributed by atoms with Gasteiger partial charge < -0.3 is 5.32 Å². The van der Waals surface area contributed by atoms with Crippen molar-refractivity contribution < 1.29 is 0 Å². The Labute approximate surface area is 84.4 Å². The second kappa shape index (κ2) is 3.29. The predicted octanol–water partition coefficient (Wildman–Crippen LogP) is 2.36. The standard InChI is InChI=1S/C12H14N2/c1-12(2)8-5-7-11(14-12)10-6-3-4-9-13-10/h3-9,14H,1-2H3. The van der Waals surface area contributed by atoms with E-state index in [4.69, 9.17) is 0 Å². The molecular formula is C12H14N2. The Morgan fingerprint density at radius 3 is 2.79 bits per heavy atom. The highest BCUT2D eigenvalue weighted by Gasteiger charge is 2.17. The average molecular weight is 186 g/mol. The quantitative estimate of drug-likeness (QED) is 0.728. The molecule has 1 N–H and O–H groups in total. The molecule has 0 aliphatic carbocycles. The van der Waals surface area contributed by atoms with Crippen LogP contribution in [0.1, 0.15) is 19.5 Å². The lowest BCUT2D eigenvalue weighted by Gasteiger charge is -2.28. The number of pyridine rings is 1. The first-order chi connectivity index (χ1) is 6.67. The molecule has 1 aliphatic rings. The molecule has 0 fully saturated rings. The highest BCUT2D eigenvalue weighted by molar-refractivity contribution is 5.64. The van der Waals surface area contributed by atoms with Crippen molar-refractivity contribution >= 4 is 5.70 Å². The molecule has 14 heavy (non-hydrogen) atoms. The Morgan fingerprint density at radius 2 is 2.14 bits per heavy atom. The van der Waals surface area contributed by atoms with Gasteiger partial charge in [0.05, 0.1) is 16.9 Å². The normalized spacial score (nSPS) is 18.6. The summed E-state index contributed by atoms with van der Waals surface area (Å²) in [6, 6.07) is 5.93. The minimum Gasteiger partial charge on any atom is -0.375 e. The monoisotopic (exact) mass is 186 g/mol. The average Bonchev–Trinajstić information content (AvgIpc) is 2.18. The van der Waals surface area contributed by atoms with E-state index in [1.54, 1.807) is 0 Å². The number of hydrogen-bond acceptors (Lipinski definition) is 2. The maximum atomic E-state index is 4.30. The molecular weight excluding hydrogens is 172 g/mol. The first kappa shape index (κ1) is 9.00. The Morgan fingerprint density at radius 1 is 1.29 bits per heavy atom. The number of nitrogens with zero attached hydrogens (tertiary/aromatic N) is 1. The largest absolute Gasteiger partial charge is 0.375 e. The van der Waals surface area contributed by atoms with Gasteiger partial charge in [0.1, 0.15) is 0 Å². The smallest absolute Gasteiger partial charge is 0.0861 e. The molecule has 0 amide bonds. The lowest BCUT2D eigenvalue weighted by Crippen LogP contribution is -2.37. The third kappa shape index (κ3) is 1.84. The Bertz CT molecular complexity index is 375. The van der Waals surface area contributed by atoms with E-state index in [2.05, 4.69) is 36.3 Å². The predicted molar refractivity (Wildman–Crippen MR) is 58.6 cm³/mol. The van der Waals surface area contributed by atoms with Crippen LogP contribution in [-0.4, -0.2) is 10.5 Å². The second-order valence-electron chi connectivity index (χ2n) is 4.00. The van der Waals surface area contributed by atoms with E-state index in [0.717, 1.165) is 11.4 Å². The van der Waals surface area contributed by atoms with Gasteiger partial charge in [-0.05, 0) is 32.1 Å². The molecule has 0 radical (unpaired) electrons. The van der Waals surface area contributed by atoms with Crippen molar-refractivity contribution in [1.29, 1.82) is 0 Å². The zero-order valence-electron chi connectivity index (χ0n) is 8.49. The van der Waals surface area contributed by atoms with Gasteiger partial charge in [-0.3, -0.25) is 4.98 Å². The molecule has 72 valence electrons. The van der Waals surface area contributed by atoms with Gasteiger partial charge in [0.15, 0.2) is 0 Å². The van der Waals surface area contributed by atoms with Crippen molar-refractivity contribution in [1.82, 2.24) is 10.3 Å². The fraction of sp³-hybridized carbons (Fsp3) is 0.250. The molecule has 0 unspecified atom stereocenters. The van der Waals surface area contributed by atoms with E-state index < -0.39 is 0 Å². The van der Waals surface area contributed by atoms with Crippen LogP contribution in [0.15, 0.2) is 42.6 Å². The van der Waals surface area contributed by atoms with Gasteiger partial charge in [-0.25, -0.2) is 0 Å². The Hall–Kier alpha value is -1.57. The Balaban J connectivity index is 2.30. The molecule has 0 saturated heterocycles. The molecule has 2 rings (SSSR count). The highest BCUT2D eigenvalue weighted by atomic mass is 15.0. The van der Waals surface area contributed by atoms with Gasteiger partial charge in [-0.1, -0.05) is 18.2 Å². The van der Waals surface area contributed by atoms with Crippen LogP contribution in [0.25, 0.3) is 5.70 Å². The van der Waals surface area contributed by atoms with Crippen molar-refractivity contribution in [2.75, 3.05) is 0 Å². The second-order valence-corrected chi connectivity index (χ2v) is 4.00. The lowest BCUT2D eigenvalue weighted by atomic mass is 10.0. The van der Waals surface area contributed by atoms with Crippen molar-refractivity contribution in [2.45, 2.75) is 19.4 Å². The summed E-state index contributed by atoms with van der Waals surface area (Å²) in [6.45, 7) is 4.28. The molecule has 2 heterocycles. The van der Waals surface area contributed by atoms with E-state index in [-0.39, 0.29) is 5.54 Å². The van der Waals surface area contributed by atoms with Gasteiger partial charge in [-0.15, -0.1) is 0 Å². The summed E-state index contributed by atoms with van der Waals surface area (Å²) in [7, 11) is 0. The van der Waals surface area contributed by atoms with Crippen LogP contribution in [0.3, 0.4) is 0 Å². The molecule has 1 aliphatic heterocycles. The topological polar surface area (TPSA) is 24.9 Å². The maximum Gasteiger partial charge on any atom is 0.0861 e. The van der Waals surface area contributed by atoms with Crippen molar-refractivity contribution in [3.63, 3.8) is 0 Å².